The molecule has 0 heterocycles. The zero-order chi connectivity index (χ0) is 20.3. The molecule has 0 aliphatic rings. The van der Waals surface area contributed by atoms with Crippen molar-refractivity contribution in [3.8, 4) is 11.1 Å². The van der Waals surface area contributed by atoms with E-state index in [0.29, 0.717) is 6.54 Å². The molecule has 1 nitrogen and oxygen atoms in total. The van der Waals surface area contributed by atoms with E-state index in [1.54, 1.807) is 0 Å². The molecule has 2 N–H and O–H groups in total. The number of benzene rings is 5. The smallest absolute Gasteiger partial charge is 0.0260 e. The molecule has 0 bridgehead atoms. The van der Waals surface area contributed by atoms with Gasteiger partial charge in [0.25, 0.3) is 0 Å². The van der Waals surface area contributed by atoms with E-state index in [2.05, 4.69) is 103 Å². The molecular weight excluding hydrogens is 418 g/mol. The Morgan fingerprint density at radius 2 is 1.38 bits per heavy atom. The lowest BCUT2D eigenvalue weighted by Gasteiger charge is -2.22. The van der Waals surface area contributed by atoms with Crippen molar-refractivity contribution in [2.75, 3.05) is 0 Å². The van der Waals surface area contributed by atoms with Crippen LogP contribution in [-0.2, 0) is 12.0 Å². The van der Waals surface area contributed by atoms with Gasteiger partial charge in [-0.1, -0.05) is 97.4 Å². The third kappa shape index (κ3) is 2.94. The SMILES string of the molecule is CC(C)(C)c1cc2ccc3c(Br)cc(-c4ccc(CN)cc4)c4ccc(c1)c2c34. The molecule has 0 aromatic heterocycles. The van der Waals surface area contributed by atoms with Crippen molar-refractivity contribution in [1.82, 2.24) is 0 Å². The number of rotatable bonds is 2. The molecule has 0 spiro atoms. The Labute approximate surface area is 180 Å². The van der Waals surface area contributed by atoms with Gasteiger partial charge in [-0.2, -0.15) is 0 Å². The zero-order valence-corrected chi connectivity index (χ0v) is 18.6. The van der Waals surface area contributed by atoms with E-state index in [9.17, 15) is 0 Å². The first kappa shape index (κ1) is 18.6. The largest absolute Gasteiger partial charge is 0.326 e. The third-order valence-electron chi connectivity index (χ3n) is 6.03. The van der Waals surface area contributed by atoms with Crippen molar-refractivity contribution in [2.24, 2.45) is 5.73 Å². The Kier molecular flexibility index (Phi) is 4.20. The van der Waals surface area contributed by atoms with Crippen molar-refractivity contribution >= 4 is 48.2 Å². The van der Waals surface area contributed by atoms with Gasteiger partial charge in [0.1, 0.15) is 0 Å². The quantitative estimate of drug-likeness (QED) is 0.278. The number of hydrogen-bond acceptors (Lipinski definition) is 1. The summed E-state index contributed by atoms with van der Waals surface area (Å²) in [6.07, 6.45) is 0. The first-order chi connectivity index (χ1) is 13.9. The number of halogens is 1. The van der Waals surface area contributed by atoms with Crippen LogP contribution in [0.3, 0.4) is 0 Å². The highest BCUT2D eigenvalue weighted by Crippen LogP contribution is 2.43. The number of nitrogens with two attached hydrogens (primary N) is 1. The van der Waals surface area contributed by atoms with Crippen molar-refractivity contribution in [3.63, 3.8) is 0 Å². The second kappa shape index (κ2) is 6.55. The van der Waals surface area contributed by atoms with E-state index in [1.807, 2.05) is 0 Å². The molecule has 0 radical (unpaired) electrons. The summed E-state index contributed by atoms with van der Waals surface area (Å²) in [6, 6.07) is 24.7. The predicted molar refractivity (Wildman–Crippen MR) is 130 cm³/mol. The molecule has 0 saturated heterocycles. The Bertz CT molecular complexity index is 1340. The molecule has 5 rings (SSSR count). The molecule has 0 amide bonds. The first-order valence-corrected chi connectivity index (χ1v) is 10.9. The number of hydrogen-bond donors (Lipinski definition) is 1. The Morgan fingerprint density at radius 3 is 1.97 bits per heavy atom. The van der Waals surface area contributed by atoms with Gasteiger partial charge in [-0.05, 0) is 66.1 Å². The molecule has 0 aliphatic carbocycles. The van der Waals surface area contributed by atoms with Crippen LogP contribution in [0.1, 0.15) is 31.9 Å². The van der Waals surface area contributed by atoms with Crippen LogP contribution in [0.4, 0.5) is 0 Å². The van der Waals surface area contributed by atoms with Crippen LogP contribution in [0.25, 0.3) is 43.4 Å². The summed E-state index contributed by atoms with van der Waals surface area (Å²) in [5.41, 5.74) is 10.9. The van der Waals surface area contributed by atoms with Gasteiger partial charge in [0.05, 0.1) is 0 Å². The van der Waals surface area contributed by atoms with Crippen LogP contribution >= 0.6 is 15.9 Å². The lowest BCUT2D eigenvalue weighted by atomic mass is 9.83. The van der Waals surface area contributed by atoms with E-state index in [-0.39, 0.29) is 5.41 Å². The summed E-state index contributed by atoms with van der Waals surface area (Å²) < 4.78 is 1.14. The van der Waals surface area contributed by atoms with Gasteiger partial charge in [-0.3, -0.25) is 0 Å². The fraction of sp³-hybridized carbons (Fsp3) is 0.185. The average Bonchev–Trinajstić information content (AvgIpc) is 2.72. The highest BCUT2D eigenvalue weighted by Gasteiger charge is 2.19. The molecule has 0 unspecified atom stereocenters. The van der Waals surface area contributed by atoms with Crippen LogP contribution in [0.5, 0.6) is 0 Å². The molecule has 0 saturated carbocycles. The molecule has 0 atom stereocenters. The van der Waals surface area contributed by atoms with E-state index in [1.165, 1.54) is 49.0 Å². The van der Waals surface area contributed by atoms with Crippen molar-refractivity contribution in [2.45, 2.75) is 32.7 Å². The maximum absolute atomic E-state index is 5.79. The van der Waals surface area contributed by atoms with Crippen molar-refractivity contribution < 1.29 is 0 Å². The van der Waals surface area contributed by atoms with E-state index in [4.69, 9.17) is 5.73 Å². The fourth-order valence-corrected chi connectivity index (χ4v) is 4.92. The molecule has 0 aliphatic heterocycles. The molecule has 5 aromatic rings. The maximum atomic E-state index is 5.79. The van der Waals surface area contributed by atoms with Gasteiger partial charge in [-0.25, -0.2) is 0 Å². The van der Waals surface area contributed by atoms with Gasteiger partial charge in [0.2, 0.25) is 0 Å². The minimum absolute atomic E-state index is 0.126. The summed E-state index contributed by atoms with van der Waals surface area (Å²) in [7, 11) is 0. The Hall–Kier alpha value is -2.42. The van der Waals surface area contributed by atoms with Crippen molar-refractivity contribution in [1.29, 1.82) is 0 Å². The second-order valence-electron chi connectivity index (χ2n) is 8.96. The molecule has 29 heavy (non-hydrogen) atoms. The van der Waals surface area contributed by atoms with Gasteiger partial charge < -0.3 is 5.73 Å². The molecule has 2 heteroatoms. The lowest BCUT2D eigenvalue weighted by molar-refractivity contribution is 0.591. The standard InChI is InChI=1S/C27H24BrN/c1-27(2,3)20-12-18-8-10-21-23(17-6-4-16(15-29)5-7-17)14-24(28)22-11-9-19(13-20)25(18)26(21)22/h4-14H,15,29H2,1-3H3. The lowest BCUT2D eigenvalue weighted by Crippen LogP contribution is -2.10. The zero-order valence-electron chi connectivity index (χ0n) is 17.0. The van der Waals surface area contributed by atoms with Crippen LogP contribution in [0, 0.1) is 0 Å². The predicted octanol–water partition coefficient (Wildman–Crippen LogP) is 7.77. The summed E-state index contributed by atoms with van der Waals surface area (Å²) in [6.45, 7) is 7.40. The van der Waals surface area contributed by atoms with Crippen molar-refractivity contribution in [3.05, 3.63) is 82.3 Å². The van der Waals surface area contributed by atoms with Gasteiger partial charge in [0, 0.05) is 11.0 Å². The fourth-order valence-electron chi connectivity index (χ4n) is 4.36. The van der Waals surface area contributed by atoms with Crippen LogP contribution in [0.2, 0.25) is 0 Å². The highest BCUT2D eigenvalue weighted by molar-refractivity contribution is 9.10. The average molecular weight is 442 g/mol. The molecular formula is C27H24BrN. The van der Waals surface area contributed by atoms with Gasteiger partial charge in [0.15, 0.2) is 0 Å². The molecule has 0 fully saturated rings. The van der Waals surface area contributed by atoms with Gasteiger partial charge in [-0.15, -0.1) is 0 Å². The van der Waals surface area contributed by atoms with E-state index < -0.39 is 0 Å². The van der Waals surface area contributed by atoms with E-state index in [0.717, 1.165) is 10.0 Å². The third-order valence-corrected chi connectivity index (χ3v) is 6.69. The first-order valence-electron chi connectivity index (χ1n) is 10.1. The van der Waals surface area contributed by atoms with E-state index >= 15 is 0 Å². The van der Waals surface area contributed by atoms with Crippen LogP contribution in [-0.4, -0.2) is 0 Å². The normalized spacial score (nSPS) is 12.4. The minimum Gasteiger partial charge on any atom is -0.326 e. The van der Waals surface area contributed by atoms with Gasteiger partial charge >= 0.3 is 0 Å². The second-order valence-corrected chi connectivity index (χ2v) is 9.81. The minimum atomic E-state index is 0.126. The monoisotopic (exact) mass is 441 g/mol. The molecule has 5 aromatic carbocycles. The Morgan fingerprint density at radius 1 is 0.759 bits per heavy atom. The Balaban J connectivity index is 1.88. The maximum Gasteiger partial charge on any atom is 0.0260 e. The van der Waals surface area contributed by atoms with Crippen LogP contribution < -0.4 is 5.73 Å². The summed E-state index contributed by atoms with van der Waals surface area (Å²) in [5, 5.41) is 7.89. The summed E-state index contributed by atoms with van der Waals surface area (Å²) in [4.78, 5) is 0. The molecule has 144 valence electrons. The summed E-state index contributed by atoms with van der Waals surface area (Å²) >= 11 is 3.84. The highest BCUT2D eigenvalue weighted by atomic mass is 79.9. The summed E-state index contributed by atoms with van der Waals surface area (Å²) in [5.74, 6) is 0. The van der Waals surface area contributed by atoms with Crippen LogP contribution in [0.15, 0.2) is 71.2 Å². The topological polar surface area (TPSA) is 26.0 Å².